The summed E-state index contributed by atoms with van der Waals surface area (Å²) in [6.07, 6.45) is 0. The van der Waals surface area contributed by atoms with E-state index < -0.39 is 47.5 Å². The van der Waals surface area contributed by atoms with E-state index in [0.717, 1.165) is 10.9 Å². The number of benzene rings is 2. The molecule has 1 aromatic heterocycles. The van der Waals surface area contributed by atoms with Crippen molar-refractivity contribution in [2.75, 3.05) is 11.9 Å². The van der Waals surface area contributed by atoms with Crippen molar-refractivity contribution < 1.29 is 22.8 Å². The number of carbonyl (C=O) groups excluding carboxylic acids is 2. The number of tetrazole rings is 1. The maximum absolute atomic E-state index is 13.6. The van der Waals surface area contributed by atoms with Crippen LogP contribution in [0.1, 0.15) is 13.0 Å². The lowest BCUT2D eigenvalue weighted by Crippen LogP contribution is -2.37. The van der Waals surface area contributed by atoms with Crippen LogP contribution in [0.25, 0.3) is 11.4 Å². The molecule has 3 rings (SSSR count). The topological polar surface area (TPSA) is 102 Å². The van der Waals surface area contributed by atoms with E-state index in [1.807, 2.05) is 5.32 Å². The van der Waals surface area contributed by atoms with Gasteiger partial charge >= 0.3 is 0 Å². The van der Waals surface area contributed by atoms with Crippen LogP contribution in [0.3, 0.4) is 0 Å². The Hall–Kier alpha value is -3.47. The minimum absolute atomic E-state index is 0.276. The second kappa shape index (κ2) is 8.91. The van der Waals surface area contributed by atoms with Gasteiger partial charge in [-0.05, 0) is 48.5 Å². The molecule has 0 aliphatic heterocycles. The maximum atomic E-state index is 13.6. The highest BCUT2D eigenvalue weighted by molar-refractivity contribution is 6.30. The summed E-state index contributed by atoms with van der Waals surface area (Å²) in [5.74, 6) is -5.81. The Kier molecular flexibility index (Phi) is 6.31. The molecule has 0 saturated heterocycles. The zero-order chi connectivity index (χ0) is 21.8. The fourth-order valence-electron chi connectivity index (χ4n) is 2.34. The number of hydrogen-bond donors (Lipinski definition) is 2. The molecule has 0 saturated carbocycles. The largest absolute Gasteiger partial charge is 0.345 e. The number of halogens is 4. The lowest BCUT2D eigenvalue weighted by atomic mass is 10.2. The predicted octanol–water partition coefficient (Wildman–Crippen LogP) is 2.73. The molecule has 0 radical (unpaired) electrons. The molecule has 12 heteroatoms. The number of anilines is 1. The Bertz CT molecular complexity index is 1090. The van der Waals surface area contributed by atoms with E-state index in [2.05, 4.69) is 20.7 Å². The fourth-order valence-corrected chi connectivity index (χ4v) is 2.47. The average Bonchev–Trinajstić information content (AvgIpc) is 3.22. The first-order valence-electron chi connectivity index (χ1n) is 8.52. The summed E-state index contributed by atoms with van der Waals surface area (Å²) in [5, 5.41) is 16.7. The summed E-state index contributed by atoms with van der Waals surface area (Å²) in [4.78, 5) is 25.2. The molecule has 2 amide bonds. The molecule has 0 bridgehead atoms. The summed E-state index contributed by atoms with van der Waals surface area (Å²) < 4.78 is 39.7. The molecule has 1 atom stereocenters. The fraction of sp³-hybridized carbons (Fsp3) is 0.167. The maximum Gasteiger partial charge on any atom is 0.246 e. The van der Waals surface area contributed by atoms with Gasteiger partial charge < -0.3 is 10.6 Å². The van der Waals surface area contributed by atoms with Crippen LogP contribution in [0.5, 0.6) is 0 Å². The molecule has 2 aromatic carbocycles. The third kappa shape index (κ3) is 4.74. The Labute approximate surface area is 173 Å². The van der Waals surface area contributed by atoms with Gasteiger partial charge in [-0.15, -0.1) is 10.2 Å². The number of aromatic nitrogens is 4. The first kappa shape index (κ1) is 21.2. The van der Waals surface area contributed by atoms with Crippen LogP contribution in [0.15, 0.2) is 36.4 Å². The van der Waals surface area contributed by atoms with E-state index >= 15 is 0 Å². The Balaban J connectivity index is 1.58. The van der Waals surface area contributed by atoms with Gasteiger partial charge in [0.2, 0.25) is 17.6 Å². The normalized spacial score (nSPS) is 11.8. The van der Waals surface area contributed by atoms with Crippen LogP contribution in [-0.4, -0.2) is 38.6 Å². The Morgan fingerprint density at radius 3 is 2.50 bits per heavy atom. The molecular formula is C18H14ClF3N6O2. The molecule has 30 heavy (non-hydrogen) atoms. The third-order valence-electron chi connectivity index (χ3n) is 3.99. The van der Waals surface area contributed by atoms with Gasteiger partial charge in [-0.25, -0.2) is 13.2 Å². The lowest BCUT2D eigenvalue weighted by molar-refractivity contribution is -0.126. The van der Waals surface area contributed by atoms with Gasteiger partial charge in [0, 0.05) is 10.6 Å². The quantitative estimate of drug-likeness (QED) is 0.576. The SMILES string of the molecule is C[C@H](C(=O)NCC(=O)Nc1ccc(F)c(F)c1F)n1nnc(-c2ccc(Cl)cc2)n1. The van der Waals surface area contributed by atoms with Crippen molar-refractivity contribution in [2.45, 2.75) is 13.0 Å². The van der Waals surface area contributed by atoms with Gasteiger partial charge in [-0.1, -0.05) is 11.6 Å². The summed E-state index contributed by atoms with van der Waals surface area (Å²) in [7, 11) is 0. The highest BCUT2D eigenvalue weighted by atomic mass is 35.5. The molecule has 2 N–H and O–H groups in total. The van der Waals surface area contributed by atoms with Crippen LogP contribution in [0.2, 0.25) is 5.02 Å². The number of hydrogen-bond acceptors (Lipinski definition) is 5. The molecule has 0 spiro atoms. The molecule has 8 nitrogen and oxygen atoms in total. The summed E-state index contributed by atoms with van der Waals surface area (Å²) in [6, 6.07) is 7.32. The van der Waals surface area contributed by atoms with Crippen molar-refractivity contribution in [2.24, 2.45) is 0 Å². The van der Waals surface area contributed by atoms with Gasteiger partial charge in [0.05, 0.1) is 12.2 Å². The monoisotopic (exact) mass is 438 g/mol. The van der Waals surface area contributed by atoms with Crippen molar-refractivity contribution in [1.82, 2.24) is 25.5 Å². The smallest absolute Gasteiger partial charge is 0.246 e. The van der Waals surface area contributed by atoms with Crippen molar-refractivity contribution in [3.05, 3.63) is 58.9 Å². The number of rotatable bonds is 6. The Morgan fingerprint density at radius 2 is 1.80 bits per heavy atom. The van der Waals surface area contributed by atoms with Crippen LogP contribution in [0.4, 0.5) is 18.9 Å². The summed E-state index contributed by atoms with van der Waals surface area (Å²) in [6.45, 7) is 0.940. The number of nitrogens with one attached hydrogen (secondary N) is 2. The van der Waals surface area contributed by atoms with E-state index in [1.165, 1.54) is 6.92 Å². The molecule has 1 heterocycles. The van der Waals surface area contributed by atoms with E-state index in [-0.39, 0.29) is 5.82 Å². The number of nitrogens with zero attached hydrogens (tertiary/aromatic N) is 4. The second-order valence-corrected chi connectivity index (χ2v) is 6.54. The minimum Gasteiger partial charge on any atom is -0.345 e. The van der Waals surface area contributed by atoms with Crippen molar-refractivity contribution in [1.29, 1.82) is 0 Å². The molecule has 156 valence electrons. The van der Waals surface area contributed by atoms with Crippen LogP contribution in [-0.2, 0) is 9.59 Å². The number of carbonyl (C=O) groups is 2. The van der Waals surface area contributed by atoms with Crippen LogP contribution >= 0.6 is 11.6 Å². The summed E-state index contributed by atoms with van der Waals surface area (Å²) in [5.41, 5.74) is 0.0953. The van der Waals surface area contributed by atoms with Crippen LogP contribution in [0, 0.1) is 17.5 Å². The van der Waals surface area contributed by atoms with E-state index in [9.17, 15) is 22.8 Å². The third-order valence-corrected chi connectivity index (χ3v) is 4.24. The number of amides is 2. The minimum atomic E-state index is -1.71. The van der Waals surface area contributed by atoms with Gasteiger partial charge in [0.15, 0.2) is 17.5 Å². The van der Waals surface area contributed by atoms with Crippen molar-refractivity contribution >= 4 is 29.1 Å². The predicted molar refractivity (Wildman–Crippen MR) is 101 cm³/mol. The second-order valence-electron chi connectivity index (χ2n) is 6.11. The molecule has 0 unspecified atom stereocenters. The average molecular weight is 439 g/mol. The zero-order valence-corrected chi connectivity index (χ0v) is 16.1. The highest BCUT2D eigenvalue weighted by Crippen LogP contribution is 2.20. The lowest BCUT2D eigenvalue weighted by Gasteiger charge is -2.11. The van der Waals surface area contributed by atoms with Crippen molar-refractivity contribution in [3.8, 4) is 11.4 Å². The van der Waals surface area contributed by atoms with Crippen molar-refractivity contribution in [3.63, 3.8) is 0 Å². The first-order chi connectivity index (χ1) is 14.3. The molecule has 0 aliphatic carbocycles. The molecule has 0 fully saturated rings. The zero-order valence-electron chi connectivity index (χ0n) is 15.4. The van der Waals surface area contributed by atoms with Gasteiger partial charge in [0.25, 0.3) is 0 Å². The highest BCUT2D eigenvalue weighted by Gasteiger charge is 2.20. The van der Waals surface area contributed by atoms with E-state index in [0.29, 0.717) is 16.7 Å². The van der Waals surface area contributed by atoms with E-state index in [1.54, 1.807) is 24.3 Å². The molecular weight excluding hydrogens is 425 g/mol. The van der Waals surface area contributed by atoms with Crippen LogP contribution < -0.4 is 10.6 Å². The summed E-state index contributed by atoms with van der Waals surface area (Å²) >= 11 is 5.83. The Morgan fingerprint density at radius 1 is 1.10 bits per heavy atom. The first-order valence-corrected chi connectivity index (χ1v) is 8.90. The van der Waals surface area contributed by atoms with Gasteiger partial charge in [-0.3, -0.25) is 9.59 Å². The van der Waals surface area contributed by atoms with Gasteiger partial charge in [0.1, 0.15) is 6.04 Å². The van der Waals surface area contributed by atoms with E-state index in [4.69, 9.17) is 11.6 Å². The standard InChI is InChI=1S/C18H14ClF3N6O2/c1-9(28-26-17(25-27-28)10-2-4-11(19)5-3-10)18(30)23-8-14(29)24-13-7-6-12(20)15(21)16(13)22/h2-7,9H,8H2,1H3,(H,23,30)(H,24,29)/t9-/m1/s1. The molecule has 3 aromatic rings. The molecule has 0 aliphatic rings. The van der Waals surface area contributed by atoms with Gasteiger partial charge in [-0.2, -0.15) is 4.80 Å².